The number of sulfonamides is 1. The Bertz CT molecular complexity index is 1250. The molecule has 0 bridgehead atoms. The molecule has 0 spiro atoms. The van der Waals surface area contributed by atoms with Crippen LogP contribution in [0.5, 0.6) is 0 Å². The number of nitrogens with one attached hydrogen (secondary N) is 1. The molecule has 1 aliphatic carbocycles. The summed E-state index contributed by atoms with van der Waals surface area (Å²) in [4.78, 5) is 28.6. The molecule has 0 aliphatic heterocycles. The van der Waals surface area contributed by atoms with Gasteiger partial charge in [0.2, 0.25) is 21.8 Å². The molecule has 0 saturated heterocycles. The molecule has 208 valence electrons. The third kappa shape index (κ3) is 8.39. The second-order valence-corrected chi connectivity index (χ2v) is 13.0. The molecule has 12 heteroatoms. The van der Waals surface area contributed by atoms with Gasteiger partial charge in [-0.05, 0) is 55.2 Å². The predicted octanol–water partition coefficient (Wildman–Crippen LogP) is 6.32. The van der Waals surface area contributed by atoms with Crippen molar-refractivity contribution in [1.82, 2.24) is 10.2 Å². The number of rotatable bonds is 10. The zero-order valence-corrected chi connectivity index (χ0v) is 25.1. The van der Waals surface area contributed by atoms with Gasteiger partial charge in [0.25, 0.3) is 0 Å². The van der Waals surface area contributed by atoms with Gasteiger partial charge in [0.15, 0.2) is 0 Å². The molecule has 1 saturated carbocycles. The van der Waals surface area contributed by atoms with E-state index in [1.54, 1.807) is 25.1 Å². The quantitative estimate of drug-likeness (QED) is 0.336. The Morgan fingerprint density at radius 1 is 0.974 bits per heavy atom. The first kappa shape index (κ1) is 30.8. The van der Waals surface area contributed by atoms with Gasteiger partial charge in [-0.3, -0.25) is 13.9 Å². The molecule has 1 atom stereocenters. The van der Waals surface area contributed by atoms with Gasteiger partial charge in [-0.15, -0.1) is 0 Å². The van der Waals surface area contributed by atoms with Crippen LogP contribution < -0.4 is 9.62 Å². The van der Waals surface area contributed by atoms with E-state index in [1.807, 2.05) is 0 Å². The molecule has 2 aromatic carbocycles. The fourth-order valence-corrected chi connectivity index (χ4v) is 6.41. The van der Waals surface area contributed by atoms with E-state index < -0.39 is 28.5 Å². The molecule has 38 heavy (non-hydrogen) atoms. The maximum atomic E-state index is 13.8. The van der Waals surface area contributed by atoms with Crippen molar-refractivity contribution in [2.75, 3.05) is 17.1 Å². The number of hydrogen-bond donors (Lipinski definition) is 1. The highest BCUT2D eigenvalue weighted by Gasteiger charge is 2.33. The van der Waals surface area contributed by atoms with Crippen LogP contribution in [0.4, 0.5) is 5.69 Å². The minimum absolute atomic E-state index is 0.0146. The fourth-order valence-electron chi connectivity index (χ4n) is 4.59. The van der Waals surface area contributed by atoms with Crippen molar-refractivity contribution < 1.29 is 18.0 Å². The lowest BCUT2D eigenvalue weighted by Gasteiger charge is -2.34. The Balaban J connectivity index is 1.96. The summed E-state index contributed by atoms with van der Waals surface area (Å²) in [6.45, 7) is 1.23. The van der Waals surface area contributed by atoms with E-state index in [-0.39, 0.29) is 34.2 Å². The molecule has 7 nitrogen and oxygen atoms in total. The van der Waals surface area contributed by atoms with Crippen molar-refractivity contribution in [1.29, 1.82) is 0 Å². The van der Waals surface area contributed by atoms with Crippen LogP contribution in [0, 0.1) is 0 Å². The lowest BCUT2D eigenvalue weighted by molar-refractivity contribution is -0.140. The Hall–Kier alpha value is -1.71. The van der Waals surface area contributed by atoms with Gasteiger partial charge in [-0.2, -0.15) is 0 Å². The van der Waals surface area contributed by atoms with Gasteiger partial charge in [-0.1, -0.05) is 78.7 Å². The number of nitrogens with zero attached hydrogens (tertiary/aromatic N) is 2. The molecule has 2 aromatic rings. The van der Waals surface area contributed by atoms with E-state index in [1.165, 1.54) is 23.1 Å². The molecule has 1 fully saturated rings. The molecular weight excluding hydrogens is 592 g/mol. The first-order chi connectivity index (χ1) is 17.9. The van der Waals surface area contributed by atoms with Crippen molar-refractivity contribution in [3.63, 3.8) is 0 Å². The smallest absolute Gasteiger partial charge is 0.244 e. The maximum Gasteiger partial charge on any atom is 0.244 e. The third-order valence-electron chi connectivity index (χ3n) is 6.51. The monoisotopic (exact) mass is 621 g/mol. The van der Waals surface area contributed by atoms with Gasteiger partial charge in [0.05, 0.1) is 11.9 Å². The average Bonchev–Trinajstić information content (AvgIpc) is 2.82. The second-order valence-electron chi connectivity index (χ2n) is 9.42. The third-order valence-corrected chi connectivity index (χ3v) is 8.67. The fraction of sp³-hybridized carbons (Fsp3) is 0.462. The van der Waals surface area contributed by atoms with Crippen LogP contribution in [-0.4, -0.2) is 50.0 Å². The van der Waals surface area contributed by atoms with Crippen molar-refractivity contribution >= 4 is 73.9 Å². The molecule has 1 N–H and O–H groups in total. The van der Waals surface area contributed by atoms with Crippen molar-refractivity contribution in [2.45, 2.75) is 64.1 Å². The lowest BCUT2D eigenvalue weighted by atomic mass is 9.95. The van der Waals surface area contributed by atoms with Crippen LogP contribution in [0.1, 0.15) is 51.0 Å². The standard InChI is InChI=1S/C26H31Cl4N3O4S/c1-3-24(26(35)31-21-7-5-4-6-8-21)32(15-17-9-10-18(27)14-23(17)30)25(34)16-33(38(2,36)37)22-12-19(28)11-20(29)13-22/h9-14,21,24H,3-8,15-16H2,1-2H3,(H,31,35)/t24-/m1/s1. The molecule has 0 radical (unpaired) electrons. The van der Waals surface area contributed by atoms with Crippen molar-refractivity contribution in [3.8, 4) is 0 Å². The van der Waals surface area contributed by atoms with Gasteiger partial charge >= 0.3 is 0 Å². The summed E-state index contributed by atoms with van der Waals surface area (Å²) in [5, 5.41) is 4.29. The van der Waals surface area contributed by atoms with E-state index in [4.69, 9.17) is 46.4 Å². The predicted molar refractivity (Wildman–Crippen MR) is 155 cm³/mol. The molecule has 3 rings (SSSR count). The largest absolute Gasteiger partial charge is 0.352 e. The van der Waals surface area contributed by atoms with Crippen molar-refractivity contribution in [2.24, 2.45) is 0 Å². The summed E-state index contributed by atoms with van der Waals surface area (Å²) < 4.78 is 26.4. The van der Waals surface area contributed by atoms with Gasteiger partial charge in [-0.25, -0.2) is 8.42 Å². The summed E-state index contributed by atoms with van der Waals surface area (Å²) in [7, 11) is -3.92. The van der Waals surface area contributed by atoms with E-state index in [9.17, 15) is 18.0 Å². The SMILES string of the molecule is CC[C@H](C(=O)NC1CCCCC1)N(Cc1ccc(Cl)cc1Cl)C(=O)CN(c1cc(Cl)cc(Cl)c1)S(C)(=O)=O. The van der Waals surface area contributed by atoms with Crippen LogP contribution in [-0.2, 0) is 26.2 Å². The van der Waals surface area contributed by atoms with Crippen molar-refractivity contribution in [3.05, 3.63) is 62.1 Å². The molecular formula is C26H31Cl4N3O4S. The Morgan fingerprint density at radius 2 is 1.61 bits per heavy atom. The summed E-state index contributed by atoms with van der Waals surface area (Å²) in [5.41, 5.74) is 0.715. The summed E-state index contributed by atoms with van der Waals surface area (Å²) >= 11 is 24.7. The van der Waals surface area contributed by atoms with E-state index in [2.05, 4.69) is 5.32 Å². The Kier molecular flexibility index (Phi) is 11.0. The topological polar surface area (TPSA) is 86.8 Å². The lowest BCUT2D eigenvalue weighted by Crippen LogP contribution is -2.54. The van der Waals surface area contributed by atoms with E-state index >= 15 is 0 Å². The number of hydrogen-bond acceptors (Lipinski definition) is 4. The highest BCUT2D eigenvalue weighted by molar-refractivity contribution is 7.92. The number of benzene rings is 2. The number of carbonyl (C=O) groups is 2. The molecule has 1 aliphatic rings. The zero-order chi connectivity index (χ0) is 28.0. The average molecular weight is 623 g/mol. The number of carbonyl (C=O) groups excluding carboxylic acids is 2. The first-order valence-corrected chi connectivity index (χ1v) is 15.7. The zero-order valence-electron chi connectivity index (χ0n) is 21.2. The first-order valence-electron chi connectivity index (χ1n) is 12.4. The van der Waals surface area contributed by atoms with Crippen LogP contribution in [0.15, 0.2) is 36.4 Å². The van der Waals surface area contributed by atoms with E-state index in [0.717, 1.165) is 42.7 Å². The number of amides is 2. The van der Waals surface area contributed by atoms with Gasteiger partial charge in [0.1, 0.15) is 12.6 Å². The highest BCUT2D eigenvalue weighted by atomic mass is 35.5. The minimum Gasteiger partial charge on any atom is -0.352 e. The minimum atomic E-state index is -3.92. The summed E-state index contributed by atoms with van der Waals surface area (Å²) in [6.07, 6.45) is 6.29. The Morgan fingerprint density at radius 3 is 2.16 bits per heavy atom. The highest BCUT2D eigenvalue weighted by Crippen LogP contribution is 2.28. The van der Waals surface area contributed by atoms with Crippen LogP contribution in [0.3, 0.4) is 0 Å². The van der Waals surface area contributed by atoms with Crippen LogP contribution in [0.25, 0.3) is 0 Å². The normalized spacial score (nSPS) is 15.1. The van der Waals surface area contributed by atoms with Crippen LogP contribution >= 0.6 is 46.4 Å². The molecule has 2 amide bonds. The summed E-state index contributed by atoms with van der Waals surface area (Å²) in [5.74, 6) is -0.863. The molecule has 0 heterocycles. The van der Waals surface area contributed by atoms with Gasteiger partial charge < -0.3 is 10.2 Å². The van der Waals surface area contributed by atoms with E-state index in [0.29, 0.717) is 22.0 Å². The summed E-state index contributed by atoms with van der Waals surface area (Å²) in [6, 6.07) is 8.37. The van der Waals surface area contributed by atoms with Crippen LogP contribution in [0.2, 0.25) is 20.1 Å². The number of halogens is 4. The molecule has 0 aromatic heterocycles. The van der Waals surface area contributed by atoms with Gasteiger partial charge in [0, 0.05) is 32.7 Å². The Labute approximate surface area is 244 Å². The molecule has 0 unspecified atom stereocenters. The number of anilines is 1. The maximum absolute atomic E-state index is 13.8. The second kappa shape index (κ2) is 13.6.